The summed E-state index contributed by atoms with van der Waals surface area (Å²) in [7, 11) is 0. The van der Waals surface area contributed by atoms with Crippen LogP contribution in [0.4, 0.5) is 5.69 Å². The van der Waals surface area contributed by atoms with E-state index in [1.54, 1.807) is 6.20 Å². The topological polar surface area (TPSA) is 116 Å². The van der Waals surface area contributed by atoms with Crippen molar-refractivity contribution >= 4 is 17.5 Å². The number of anilines is 1. The summed E-state index contributed by atoms with van der Waals surface area (Å²) < 4.78 is 1.37. The van der Waals surface area contributed by atoms with E-state index in [0.29, 0.717) is 18.5 Å². The lowest BCUT2D eigenvalue weighted by Crippen LogP contribution is -2.48. The van der Waals surface area contributed by atoms with Gasteiger partial charge in [-0.1, -0.05) is 12.8 Å². The van der Waals surface area contributed by atoms with Gasteiger partial charge in [-0.3, -0.25) is 14.3 Å². The maximum Gasteiger partial charge on any atom is 0.244 e. The van der Waals surface area contributed by atoms with Crippen LogP contribution < -0.4 is 16.8 Å². The molecular formula is C11H17N5O2. The van der Waals surface area contributed by atoms with Crippen molar-refractivity contribution in [2.75, 3.05) is 5.32 Å². The number of nitrogens with two attached hydrogens (primary N) is 2. The van der Waals surface area contributed by atoms with E-state index in [-0.39, 0.29) is 12.5 Å². The SMILES string of the molecule is NC(=O)Cn1cc(NC(=O)C2(N)CCCC2)cn1. The van der Waals surface area contributed by atoms with Crippen LogP contribution in [0.25, 0.3) is 0 Å². The van der Waals surface area contributed by atoms with Crippen molar-refractivity contribution < 1.29 is 9.59 Å². The highest BCUT2D eigenvalue weighted by Gasteiger charge is 2.37. The number of rotatable bonds is 4. The minimum atomic E-state index is -0.772. The largest absolute Gasteiger partial charge is 0.368 e. The van der Waals surface area contributed by atoms with Gasteiger partial charge in [0, 0.05) is 6.20 Å². The Morgan fingerprint density at radius 2 is 2.11 bits per heavy atom. The molecular weight excluding hydrogens is 234 g/mol. The van der Waals surface area contributed by atoms with Gasteiger partial charge < -0.3 is 16.8 Å². The van der Waals surface area contributed by atoms with Gasteiger partial charge in [0.1, 0.15) is 6.54 Å². The second kappa shape index (κ2) is 4.77. The molecule has 0 atom stereocenters. The molecule has 2 rings (SSSR count). The number of carbonyl (C=O) groups excluding carboxylic acids is 2. The van der Waals surface area contributed by atoms with Gasteiger partial charge in [-0.2, -0.15) is 5.10 Å². The Hall–Kier alpha value is -1.89. The van der Waals surface area contributed by atoms with E-state index in [2.05, 4.69) is 10.4 Å². The van der Waals surface area contributed by atoms with Crippen molar-refractivity contribution in [3.63, 3.8) is 0 Å². The molecule has 5 N–H and O–H groups in total. The van der Waals surface area contributed by atoms with Gasteiger partial charge in [0.15, 0.2) is 0 Å². The molecule has 18 heavy (non-hydrogen) atoms. The third-order valence-corrected chi connectivity index (χ3v) is 3.16. The van der Waals surface area contributed by atoms with Gasteiger partial charge in [-0.05, 0) is 12.8 Å². The summed E-state index contributed by atoms with van der Waals surface area (Å²) in [5.74, 6) is -0.680. The molecule has 0 aromatic carbocycles. The van der Waals surface area contributed by atoms with Crippen molar-refractivity contribution in [2.45, 2.75) is 37.8 Å². The molecule has 1 aliphatic rings. The van der Waals surface area contributed by atoms with Crippen LogP contribution in [0.1, 0.15) is 25.7 Å². The van der Waals surface area contributed by atoms with Crippen molar-refractivity contribution in [3.05, 3.63) is 12.4 Å². The zero-order valence-corrected chi connectivity index (χ0v) is 10.1. The molecule has 0 aliphatic heterocycles. The van der Waals surface area contributed by atoms with Gasteiger partial charge in [-0.15, -0.1) is 0 Å². The quantitative estimate of drug-likeness (QED) is 0.673. The first kappa shape index (κ1) is 12.6. The average Bonchev–Trinajstić information content (AvgIpc) is 2.88. The maximum absolute atomic E-state index is 12.0. The van der Waals surface area contributed by atoms with E-state index < -0.39 is 11.4 Å². The van der Waals surface area contributed by atoms with Crippen LogP contribution in [0.2, 0.25) is 0 Å². The summed E-state index contributed by atoms with van der Waals surface area (Å²) in [6.07, 6.45) is 6.39. The van der Waals surface area contributed by atoms with E-state index in [1.165, 1.54) is 10.9 Å². The Morgan fingerprint density at radius 3 is 2.72 bits per heavy atom. The smallest absolute Gasteiger partial charge is 0.244 e. The first-order chi connectivity index (χ1) is 8.49. The third-order valence-electron chi connectivity index (χ3n) is 3.16. The van der Waals surface area contributed by atoms with Gasteiger partial charge >= 0.3 is 0 Å². The lowest BCUT2D eigenvalue weighted by atomic mass is 9.98. The molecule has 1 fully saturated rings. The van der Waals surface area contributed by atoms with E-state index in [0.717, 1.165) is 12.8 Å². The van der Waals surface area contributed by atoms with Gasteiger partial charge in [0.2, 0.25) is 11.8 Å². The number of carbonyl (C=O) groups is 2. The summed E-state index contributed by atoms with van der Waals surface area (Å²) in [4.78, 5) is 22.7. The fourth-order valence-electron chi connectivity index (χ4n) is 2.16. The van der Waals surface area contributed by atoms with Crippen LogP contribution in [-0.2, 0) is 16.1 Å². The standard InChI is InChI=1S/C11H17N5O2/c12-9(17)7-16-6-8(5-14-16)15-10(18)11(13)3-1-2-4-11/h5-6H,1-4,7,13H2,(H2,12,17)(H,15,18). The lowest BCUT2D eigenvalue weighted by molar-refractivity contribution is -0.121. The molecule has 0 bridgehead atoms. The van der Waals surface area contributed by atoms with Crippen molar-refractivity contribution in [3.8, 4) is 0 Å². The molecule has 1 heterocycles. The van der Waals surface area contributed by atoms with Crippen LogP contribution in [0, 0.1) is 0 Å². The van der Waals surface area contributed by atoms with Crippen LogP contribution in [0.3, 0.4) is 0 Å². The predicted molar refractivity (Wildman–Crippen MR) is 65.4 cm³/mol. The van der Waals surface area contributed by atoms with E-state index in [4.69, 9.17) is 11.5 Å². The lowest BCUT2D eigenvalue weighted by Gasteiger charge is -2.21. The number of hydrogen-bond donors (Lipinski definition) is 3. The van der Waals surface area contributed by atoms with Crippen LogP contribution in [-0.4, -0.2) is 27.1 Å². The fraction of sp³-hybridized carbons (Fsp3) is 0.545. The summed E-state index contributed by atoms with van der Waals surface area (Å²) in [5.41, 5.74) is 10.8. The van der Waals surface area contributed by atoms with Crippen LogP contribution >= 0.6 is 0 Å². The number of primary amides is 1. The molecule has 0 unspecified atom stereocenters. The van der Waals surface area contributed by atoms with Crippen LogP contribution in [0.15, 0.2) is 12.4 Å². The molecule has 1 saturated carbocycles. The molecule has 0 radical (unpaired) electrons. The summed E-state index contributed by atoms with van der Waals surface area (Å²) >= 11 is 0. The molecule has 98 valence electrons. The Morgan fingerprint density at radius 1 is 1.44 bits per heavy atom. The monoisotopic (exact) mass is 251 g/mol. The third kappa shape index (κ3) is 2.67. The first-order valence-corrected chi connectivity index (χ1v) is 5.91. The van der Waals surface area contributed by atoms with Crippen molar-refractivity contribution in [1.82, 2.24) is 9.78 Å². The Labute approximate surface area is 105 Å². The van der Waals surface area contributed by atoms with E-state index in [1.807, 2.05) is 0 Å². The Kier molecular flexibility index (Phi) is 3.33. The Bertz CT molecular complexity index is 462. The number of aromatic nitrogens is 2. The minimum Gasteiger partial charge on any atom is -0.368 e. The maximum atomic E-state index is 12.0. The first-order valence-electron chi connectivity index (χ1n) is 5.91. The fourth-order valence-corrected chi connectivity index (χ4v) is 2.16. The van der Waals surface area contributed by atoms with Crippen LogP contribution in [0.5, 0.6) is 0 Å². The molecule has 0 saturated heterocycles. The molecule has 1 aromatic heterocycles. The van der Waals surface area contributed by atoms with E-state index >= 15 is 0 Å². The zero-order valence-electron chi connectivity index (χ0n) is 10.1. The second-order valence-electron chi connectivity index (χ2n) is 4.71. The van der Waals surface area contributed by atoms with Gasteiger partial charge in [0.05, 0.1) is 17.4 Å². The molecule has 2 amide bonds. The average molecular weight is 251 g/mol. The molecule has 1 aliphatic carbocycles. The molecule has 0 spiro atoms. The minimum absolute atomic E-state index is 0.0103. The van der Waals surface area contributed by atoms with Gasteiger partial charge in [0.25, 0.3) is 0 Å². The molecule has 7 heteroatoms. The van der Waals surface area contributed by atoms with Gasteiger partial charge in [-0.25, -0.2) is 0 Å². The highest BCUT2D eigenvalue weighted by atomic mass is 16.2. The summed E-state index contributed by atoms with van der Waals surface area (Å²) in [6.45, 7) is -0.0103. The highest BCUT2D eigenvalue weighted by molar-refractivity contribution is 5.98. The number of nitrogens with zero attached hydrogens (tertiary/aromatic N) is 2. The van der Waals surface area contributed by atoms with Crippen molar-refractivity contribution in [1.29, 1.82) is 0 Å². The van der Waals surface area contributed by atoms with E-state index in [9.17, 15) is 9.59 Å². The number of nitrogens with one attached hydrogen (secondary N) is 1. The number of hydrogen-bond acceptors (Lipinski definition) is 4. The second-order valence-corrected chi connectivity index (χ2v) is 4.71. The summed E-state index contributed by atoms with van der Waals surface area (Å²) in [5, 5.41) is 6.64. The number of amides is 2. The molecule has 7 nitrogen and oxygen atoms in total. The van der Waals surface area contributed by atoms with Crippen molar-refractivity contribution in [2.24, 2.45) is 11.5 Å². The predicted octanol–water partition coefficient (Wildman–Crippen LogP) is -0.422. The summed E-state index contributed by atoms with van der Waals surface area (Å²) in [6, 6.07) is 0. The zero-order chi connectivity index (χ0) is 13.2. The highest BCUT2D eigenvalue weighted by Crippen LogP contribution is 2.28. The molecule has 1 aromatic rings. The normalized spacial score (nSPS) is 17.6. The Balaban J connectivity index is 1.99.